The lowest BCUT2D eigenvalue weighted by atomic mass is 10.00. The van der Waals surface area contributed by atoms with Crippen LogP contribution in [-0.4, -0.2) is 23.2 Å². The minimum Gasteiger partial charge on any atom is -0.389 e. The third kappa shape index (κ3) is 4.49. The lowest BCUT2D eigenvalue weighted by Crippen LogP contribution is -2.38. The summed E-state index contributed by atoms with van der Waals surface area (Å²) >= 11 is 0. The molecule has 0 aromatic heterocycles. The summed E-state index contributed by atoms with van der Waals surface area (Å²) in [7, 11) is 0. The number of aliphatic hydroxyl groups is 1. The fraction of sp³-hybridized carbons (Fsp3) is 0.533. The first-order valence-electron chi connectivity index (χ1n) is 6.43. The first-order chi connectivity index (χ1) is 8.33. The average Bonchev–Trinajstić information content (AvgIpc) is 2.25. The molecule has 0 aliphatic carbocycles. The van der Waals surface area contributed by atoms with Crippen molar-refractivity contribution in [1.29, 1.82) is 0 Å². The number of carbonyl (C=O) groups is 1. The van der Waals surface area contributed by atoms with Crippen molar-refractivity contribution in [3.8, 4) is 0 Å². The summed E-state index contributed by atoms with van der Waals surface area (Å²) < 4.78 is 0. The number of aryl methyl sites for hydroxylation is 2. The quantitative estimate of drug-likeness (QED) is 0.842. The number of rotatable bonds is 5. The Hall–Kier alpha value is -1.35. The molecule has 0 bridgehead atoms. The molecule has 0 spiro atoms. The van der Waals surface area contributed by atoms with Crippen LogP contribution in [0.1, 0.15) is 48.7 Å². The summed E-state index contributed by atoms with van der Waals surface area (Å²) in [6, 6.07) is 5.86. The van der Waals surface area contributed by atoms with Crippen molar-refractivity contribution in [2.24, 2.45) is 0 Å². The van der Waals surface area contributed by atoms with E-state index in [2.05, 4.69) is 18.3 Å². The zero-order valence-electron chi connectivity index (χ0n) is 11.7. The third-order valence-corrected chi connectivity index (χ3v) is 2.71. The lowest BCUT2D eigenvalue weighted by Gasteiger charge is -2.18. The molecule has 0 aliphatic rings. The van der Waals surface area contributed by atoms with Crippen molar-refractivity contribution in [2.75, 3.05) is 6.54 Å². The number of nitrogens with one attached hydrogen (secondary N) is 1. The minimum atomic E-state index is -0.884. The van der Waals surface area contributed by atoms with Gasteiger partial charge in [0.15, 0.2) is 0 Å². The highest BCUT2D eigenvalue weighted by Crippen LogP contribution is 2.14. The van der Waals surface area contributed by atoms with Crippen molar-refractivity contribution >= 4 is 5.91 Å². The van der Waals surface area contributed by atoms with Crippen LogP contribution in [0.5, 0.6) is 0 Å². The first kappa shape index (κ1) is 14.7. The molecule has 0 saturated heterocycles. The number of benzene rings is 1. The maximum absolute atomic E-state index is 12.1. The van der Waals surface area contributed by atoms with Crippen molar-refractivity contribution in [3.63, 3.8) is 0 Å². The van der Waals surface area contributed by atoms with Gasteiger partial charge in [-0.05, 0) is 38.8 Å². The van der Waals surface area contributed by atoms with Crippen LogP contribution in [0, 0.1) is 6.92 Å². The third-order valence-electron chi connectivity index (χ3n) is 2.71. The number of hydrogen-bond acceptors (Lipinski definition) is 2. The molecule has 0 atom stereocenters. The molecule has 3 heteroatoms. The Bertz CT molecular complexity index is 419. The molecule has 100 valence electrons. The molecule has 1 aromatic rings. The first-order valence-corrected chi connectivity index (χ1v) is 6.43. The lowest BCUT2D eigenvalue weighted by molar-refractivity contribution is 0.0694. The number of hydrogen-bond donors (Lipinski definition) is 2. The highest BCUT2D eigenvalue weighted by atomic mass is 16.3. The molecule has 1 rings (SSSR count). The van der Waals surface area contributed by atoms with Gasteiger partial charge in [-0.25, -0.2) is 0 Å². The summed E-state index contributed by atoms with van der Waals surface area (Å²) in [5, 5.41) is 12.4. The summed E-state index contributed by atoms with van der Waals surface area (Å²) in [6.45, 7) is 7.73. The molecule has 0 heterocycles. The van der Waals surface area contributed by atoms with E-state index >= 15 is 0 Å². The van der Waals surface area contributed by atoms with E-state index in [4.69, 9.17) is 0 Å². The Morgan fingerprint density at radius 3 is 2.61 bits per heavy atom. The maximum atomic E-state index is 12.1. The molecule has 3 nitrogen and oxygen atoms in total. The SMILES string of the molecule is CCCc1cc(C)ccc1C(=O)NCC(C)(C)O. The summed E-state index contributed by atoms with van der Waals surface area (Å²) in [5.41, 5.74) is 2.07. The monoisotopic (exact) mass is 249 g/mol. The van der Waals surface area contributed by atoms with Crippen molar-refractivity contribution < 1.29 is 9.90 Å². The van der Waals surface area contributed by atoms with Crippen LogP contribution < -0.4 is 5.32 Å². The zero-order valence-corrected chi connectivity index (χ0v) is 11.7. The van der Waals surface area contributed by atoms with Gasteiger partial charge in [0.05, 0.1) is 5.60 Å². The Kier molecular flexibility index (Phi) is 4.91. The van der Waals surface area contributed by atoms with Gasteiger partial charge in [-0.1, -0.05) is 31.0 Å². The van der Waals surface area contributed by atoms with Crippen LogP contribution in [0.15, 0.2) is 18.2 Å². The molecule has 0 saturated carbocycles. The summed E-state index contributed by atoms with van der Waals surface area (Å²) in [6.07, 6.45) is 1.90. The van der Waals surface area contributed by atoms with Gasteiger partial charge in [0.2, 0.25) is 0 Å². The van der Waals surface area contributed by atoms with Crippen molar-refractivity contribution in [3.05, 3.63) is 34.9 Å². The van der Waals surface area contributed by atoms with E-state index in [0.29, 0.717) is 5.56 Å². The molecule has 0 fully saturated rings. The van der Waals surface area contributed by atoms with Gasteiger partial charge in [0.1, 0.15) is 0 Å². The Labute approximate surface area is 109 Å². The average molecular weight is 249 g/mol. The normalized spacial score (nSPS) is 11.4. The van der Waals surface area contributed by atoms with Crippen LogP contribution >= 0.6 is 0 Å². The van der Waals surface area contributed by atoms with Gasteiger partial charge in [-0.3, -0.25) is 4.79 Å². The van der Waals surface area contributed by atoms with Crippen LogP contribution in [0.25, 0.3) is 0 Å². The maximum Gasteiger partial charge on any atom is 0.251 e. The van der Waals surface area contributed by atoms with Crippen LogP contribution in [-0.2, 0) is 6.42 Å². The standard InChI is InChI=1S/C15H23NO2/c1-5-6-12-9-11(2)7-8-13(12)14(17)16-10-15(3,4)18/h7-9,18H,5-6,10H2,1-4H3,(H,16,17). The van der Waals surface area contributed by atoms with E-state index in [1.807, 2.05) is 19.1 Å². The molecule has 0 unspecified atom stereocenters. The van der Waals surface area contributed by atoms with E-state index in [0.717, 1.165) is 24.0 Å². The molecule has 1 aromatic carbocycles. The minimum absolute atomic E-state index is 0.111. The highest BCUT2D eigenvalue weighted by molar-refractivity contribution is 5.95. The smallest absolute Gasteiger partial charge is 0.251 e. The van der Waals surface area contributed by atoms with Gasteiger partial charge < -0.3 is 10.4 Å². The van der Waals surface area contributed by atoms with Crippen LogP contribution in [0.4, 0.5) is 0 Å². The van der Waals surface area contributed by atoms with E-state index in [-0.39, 0.29) is 12.5 Å². The van der Waals surface area contributed by atoms with Crippen LogP contribution in [0.2, 0.25) is 0 Å². The van der Waals surface area contributed by atoms with E-state index in [1.54, 1.807) is 13.8 Å². The fourth-order valence-electron chi connectivity index (χ4n) is 1.81. The van der Waals surface area contributed by atoms with Gasteiger partial charge in [-0.15, -0.1) is 0 Å². The zero-order chi connectivity index (χ0) is 13.8. The predicted octanol–water partition coefficient (Wildman–Crippen LogP) is 2.45. The highest BCUT2D eigenvalue weighted by Gasteiger charge is 2.16. The second-order valence-electron chi connectivity index (χ2n) is 5.41. The van der Waals surface area contributed by atoms with Gasteiger partial charge in [-0.2, -0.15) is 0 Å². The Morgan fingerprint density at radius 1 is 1.39 bits per heavy atom. The van der Waals surface area contributed by atoms with Crippen LogP contribution in [0.3, 0.4) is 0 Å². The van der Waals surface area contributed by atoms with Gasteiger partial charge in [0.25, 0.3) is 5.91 Å². The molecule has 2 N–H and O–H groups in total. The van der Waals surface area contributed by atoms with Gasteiger partial charge in [0, 0.05) is 12.1 Å². The molecule has 0 radical (unpaired) electrons. The fourth-order valence-corrected chi connectivity index (χ4v) is 1.81. The largest absolute Gasteiger partial charge is 0.389 e. The molecular formula is C15H23NO2. The Morgan fingerprint density at radius 2 is 2.06 bits per heavy atom. The molecule has 18 heavy (non-hydrogen) atoms. The van der Waals surface area contributed by atoms with E-state index in [9.17, 15) is 9.90 Å². The number of carbonyl (C=O) groups excluding carboxylic acids is 1. The van der Waals surface area contributed by atoms with E-state index in [1.165, 1.54) is 0 Å². The predicted molar refractivity (Wildman–Crippen MR) is 73.8 cm³/mol. The molecule has 0 aliphatic heterocycles. The Balaban J connectivity index is 2.84. The second kappa shape index (κ2) is 6.01. The molecular weight excluding hydrogens is 226 g/mol. The topological polar surface area (TPSA) is 49.3 Å². The van der Waals surface area contributed by atoms with E-state index < -0.39 is 5.60 Å². The number of amides is 1. The summed E-state index contributed by atoms with van der Waals surface area (Å²) in [5.74, 6) is -0.111. The summed E-state index contributed by atoms with van der Waals surface area (Å²) in [4.78, 5) is 12.1. The van der Waals surface area contributed by atoms with Gasteiger partial charge >= 0.3 is 0 Å². The van der Waals surface area contributed by atoms with Crippen molar-refractivity contribution in [1.82, 2.24) is 5.32 Å². The second-order valence-corrected chi connectivity index (χ2v) is 5.41. The molecule has 1 amide bonds. The van der Waals surface area contributed by atoms with Crippen molar-refractivity contribution in [2.45, 2.75) is 46.1 Å².